The number of anilines is 1. The highest BCUT2D eigenvalue weighted by molar-refractivity contribution is 8.00. The van der Waals surface area contributed by atoms with Crippen molar-refractivity contribution in [2.24, 2.45) is 0 Å². The van der Waals surface area contributed by atoms with Gasteiger partial charge in [0.05, 0.1) is 10.2 Å². The van der Waals surface area contributed by atoms with Crippen LogP contribution in [-0.4, -0.2) is 22.5 Å². The van der Waals surface area contributed by atoms with Gasteiger partial charge in [0.25, 0.3) is 0 Å². The molecule has 0 saturated heterocycles. The van der Waals surface area contributed by atoms with Crippen molar-refractivity contribution in [3.05, 3.63) is 23.2 Å². The normalized spacial score (nSPS) is 17.3. The van der Waals surface area contributed by atoms with Crippen LogP contribution in [0.25, 0.3) is 10.2 Å². The molecule has 5 heteroatoms. The van der Waals surface area contributed by atoms with Crippen LogP contribution < -0.4 is 5.32 Å². The fourth-order valence-corrected chi connectivity index (χ4v) is 3.67. The van der Waals surface area contributed by atoms with Gasteiger partial charge in [-0.3, -0.25) is 0 Å². The molecule has 0 radical (unpaired) electrons. The van der Waals surface area contributed by atoms with E-state index in [2.05, 4.69) is 16.6 Å². The van der Waals surface area contributed by atoms with Crippen molar-refractivity contribution in [1.29, 1.82) is 0 Å². The molecular weight excluding hydrogens is 272 g/mol. The van der Waals surface area contributed by atoms with Gasteiger partial charge in [0.15, 0.2) is 5.13 Å². The minimum Gasteiger partial charge on any atom is -0.360 e. The zero-order valence-corrected chi connectivity index (χ0v) is 11.9. The van der Waals surface area contributed by atoms with E-state index in [1.165, 1.54) is 12.8 Å². The number of hydrogen-bond donors (Lipinski definition) is 1. The van der Waals surface area contributed by atoms with Crippen LogP contribution in [0.5, 0.6) is 0 Å². The van der Waals surface area contributed by atoms with Gasteiger partial charge in [0, 0.05) is 16.3 Å². The Morgan fingerprint density at radius 1 is 1.53 bits per heavy atom. The largest absolute Gasteiger partial charge is 0.360 e. The second-order valence-corrected chi connectivity index (χ2v) is 7.11. The van der Waals surface area contributed by atoms with Crippen molar-refractivity contribution in [2.45, 2.75) is 17.6 Å². The second-order valence-electron chi connectivity index (χ2n) is 4.37. The third-order valence-electron chi connectivity index (χ3n) is 3.15. The van der Waals surface area contributed by atoms with E-state index in [-0.39, 0.29) is 0 Å². The first kappa shape index (κ1) is 11.6. The Morgan fingerprint density at radius 3 is 3.06 bits per heavy atom. The van der Waals surface area contributed by atoms with Gasteiger partial charge in [-0.15, -0.1) is 0 Å². The van der Waals surface area contributed by atoms with Gasteiger partial charge < -0.3 is 5.32 Å². The molecule has 1 fully saturated rings. The van der Waals surface area contributed by atoms with Gasteiger partial charge in [-0.05, 0) is 37.3 Å². The topological polar surface area (TPSA) is 24.9 Å². The van der Waals surface area contributed by atoms with Gasteiger partial charge >= 0.3 is 0 Å². The van der Waals surface area contributed by atoms with E-state index in [1.807, 2.05) is 30.0 Å². The number of hydrogen-bond acceptors (Lipinski definition) is 4. The number of aromatic nitrogens is 1. The SMILES string of the molecule is CSC1(CNc2nc3ccc(Cl)cc3s2)CC1. The lowest BCUT2D eigenvalue weighted by molar-refractivity contribution is 0.947. The maximum Gasteiger partial charge on any atom is 0.183 e. The van der Waals surface area contributed by atoms with E-state index in [4.69, 9.17) is 11.6 Å². The van der Waals surface area contributed by atoms with E-state index < -0.39 is 0 Å². The highest BCUT2D eigenvalue weighted by Crippen LogP contribution is 2.47. The van der Waals surface area contributed by atoms with E-state index in [0.29, 0.717) is 4.75 Å². The number of nitrogens with zero attached hydrogens (tertiary/aromatic N) is 1. The minimum absolute atomic E-state index is 0.468. The summed E-state index contributed by atoms with van der Waals surface area (Å²) in [4.78, 5) is 4.56. The Labute approximate surface area is 114 Å². The van der Waals surface area contributed by atoms with Gasteiger partial charge in [0.2, 0.25) is 0 Å². The minimum atomic E-state index is 0.468. The molecule has 1 aliphatic rings. The van der Waals surface area contributed by atoms with Crippen molar-refractivity contribution in [3.63, 3.8) is 0 Å². The Morgan fingerprint density at radius 2 is 2.35 bits per heavy atom. The highest BCUT2D eigenvalue weighted by Gasteiger charge is 2.41. The Balaban J connectivity index is 1.77. The van der Waals surface area contributed by atoms with Gasteiger partial charge in [0.1, 0.15) is 0 Å². The molecule has 3 rings (SSSR count). The van der Waals surface area contributed by atoms with Crippen LogP contribution in [0.1, 0.15) is 12.8 Å². The van der Waals surface area contributed by atoms with E-state index in [9.17, 15) is 0 Å². The number of benzene rings is 1. The lowest BCUT2D eigenvalue weighted by Crippen LogP contribution is -2.17. The highest BCUT2D eigenvalue weighted by atomic mass is 35.5. The molecule has 2 aromatic rings. The van der Waals surface area contributed by atoms with E-state index >= 15 is 0 Å². The molecule has 1 aliphatic carbocycles. The molecule has 0 amide bonds. The van der Waals surface area contributed by atoms with Crippen molar-refractivity contribution >= 4 is 50.0 Å². The summed E-state index contributed by atoms with van der Waals surface area (Å²) in [6, 6.07) is 5.83. The molecule has 1 N–H and O–H groups in total. The average molecular weight is 285 g/mol. The average Bonchev–Trinajstić information content (AvgIpc) is 3.00. The van der Waals surface area contributed by atoms with Gasteiger partial charge in [-0.1, -0.05) is 22.9 Å². The third kappa shape index (κ3) is 2.39. The molecular formula is C12H13ClN2S2. The first-order valence-electron chi connectivity index (χ1n) is 5.56. The molecule has 0 bridgehead atoms. The molecule has 0 unspecified atom stereocenters. The molecule has 1 heterocycles. The first-order valence-corrected chi connectivity index (χ1v) is 7.98. The Bertz CT molecular complexity index is 548. The lowest BCUT2D eigenvalue weighted by Gasteiger charge is -2.11. The number of fused-ring (bicyclic) bond motifs is 1. The fourth-order valence-electron chi connectivity index (χ4n) is 1.80. The first-order chi connectivity index (χ1) is 8.21. The molecule has 0 spiro atoms. The smallest absolute Gasteiger partial charge is 0.183 e. The number of thiazole rings is 1. The zero-order valence-electron chi connectivity index (χ0n) is 9.50. The lowest BCUT2D eigenvalue weighted by atomic mass is 10.3. The quantitative estimate of drug-likeness (QED) is 0.908. The summed E-state index contributed by atoms with van der Waals surface area (Å²) in [6.07, 6.45) is 4.82. The number of rotatable bonds is 4. The van der Waals surface area contributed by atoms with Crippen molar-refractivity contribution in [2.75, 3.05) is 18.1 Å². The Hall–Kier alpha value is -0.450. The number of nitrogens with one attached hydrogen (secondary N) is 1. The standard InChI is InChI=1S/C12H13ClN2S2/c1-16-12(4-5-12)7-14-11-15-9-3-2-8(13)6-10(9)17-11/h2-3,6H,4-5,7H2,1H3,(H,14,15). The molecule has 2 nitrogen and oxygen atoms in total. The van der Waals surface area contributed by atoms with Crippen LogP contribution in [0.15, 0.2) is 18.2 Å². The van der Waals surface area contributed by atoms with Crippen LogP contribution in [0, 0.1) is 0 Å². The maximum absolute atomic E-state index is 5.97. The van der Waals surface area contributed by atoms with Crippen LogP contribution in [0.2, 0.25) is 5.02 Å². The summed E-state index contributed by atoms with van der Waals surface area (Å²) in [6.45, 7) is 1.02. The monoisotopic (exact) mass is 284 g/mol. The summed E-state index contributed by atoms with van der Waals surface area (Å²) in [5.41, 5.74) is 1.02. The van der Waals surface area contributed by atoms with Crippen molar-refractivity contribution in [1.82, 2.24) is 4.98 Å². The van der Waals surface area contributed by atoms with E-state index in [0.717, 1.165) is 26.9 Å². The molecule has 1 aromatic heterocycles. The molecule has 1 aromatic carbocycles. The summed E-state index contributed by atoms with van der Waals surface area (Å²) in [7, 11) is 0. The van der Waals surface area contributed by atoms with Gasteiger partial charge in [-0.2, -0.15) is 11.8 Å². The van der Waals surface area contributed by atoms with Gasteiger partial charge in [-0.25, -0.2) is 4.98 Å². The van der Waals surface area contributed by atoms with E-state index in [1.54, 1.807) is 11.3 Å². The van der Waals surface area contributed by atoms with Crippen molar-refractivity contribution in [3.8, 4) is 0 Å². The zero-order chi connectivity index (χ0) is 11.9. The fraction of sp³-hybridized carbons (Fsp3) is 0.417. The summed E-state index contributed by atoms with van der Waals surface area (Å²) in [5, 5.41) is 5.23. The third-order valence-corrected chi connectivity index (χ3v) is 5.78. The predicted octanol–water partition coefficient (Wildman–Crippen LogP) is 4.26. The number of thioether (sulfide) groups is 1. The second kappa shape index (κ2) is 4.34. The predicted molar refractivity (Wildman–Crippen MR) is 78.6 cm³/mol. The Kier molecular flexibility index (Phi) is 2.97. The maximum atomic E-state index is 5.97. The molecule has 90 valence electrons. The van der Waals surface area contributed by atoms with Crippen molar-refractivity contribution < 1.29 is 0 Å². The molecule has 0 atom stereocenters. The summed E-state index contributed by atoms with van der Waals surface area (Å²) < 4.78 is 1.61. The van der Waals surface area contributed by atoms with Crippen LogP contribution in [0.3, 0.4) is 0 Å². The summed E-state index contributed by atoms with van der Waals surface area (Å²) in [5.74, 6) is 0. The van der Waals surface area contributed by atoms with Crippen LogP contribution in [-0.2, 0) is 0 Å². The molecule has 17 heavy (non-hydrogen) atoms. The molecule has 1 saturated carbocycles. The molecule has 0 aliphatic heterocycles. The summed E-state index contributed by atoms with van der Waals surface area (Å²) >= 11 is 9.60. The number of halogens is 1. The van der Waals surface area contributed by atoms with Crippen LogP contribution >= 0.6 is 34.7 Å². The van der Waals surface area contributed by atoms with Crippen LogP contribution in [0.4, 0.5) is 5.13 Å².